The van der Waals surface area contributed by atoms with E-state index in [-0.39, 0.29) is 11.8 Å². The minimum Gasteiger partial charge on any atom is -0.480 e. The Balaban J connectivity index is 2.04. The van der Waals surface area contributed by atoms with Gasteiger partial charge in [0.2, 0.25) is 0 Å². The van der Waals surface area contributed by atoms with Crippen LogP contribution in [-0.4, -0.2) is 39.2 Å². The lowest BCUT2D eigenvalue weighted by atomic mass is 10.1. The van der Waals surface area contributed by atoms with Crippen molar-refractivity contribution < 1.29 is 19.5 Å². The number of anilines is 1. The Hall–Kier alpha value is -3.16. The lowest BCUT2D eigenvalue weighted by Crippen LogP contribution is -2.29. The van der Waals surface area contributed by atoms with Crippen LogP contribution in [0.2, 0.25) is 0 Å². The smallest absolute Gasteiger partial charge is 0.322 e. The van der Waals surface area contributed by atoms with Crippen LogP contribution in [0.1, 0.15) is 46.3 Å². The Morgan fingerprint density at radius 1 is 1.16 bits per heavy atom. The quantitative estimate of drug-likeness (QED) is 0.737. The van der Waals surface area contributed by atoms with Crippen molar-refractivity contribution in [1.82, 2.24) is 15.1 Å². The molecule has 2 amide bonds. The van der Waals surface area contributed by atoms with Gasteiger partial charge in [0.05, 0.1) is 5.69 Å². The standard InChI is InChI=1S/C17H20N4O4/c1-10(2)13-8-14(21(3)20-13)17(25)19-12-6-4-11(5-7-12)16(24)18-9-15(22)23/h4-8,10H,9H2,1-3H3,(H,18,24)(H,19,25)(H,22,23). The van der Waals surface area contributed by atoms with Gasteiger partial charge in [0, 0.05) is 18.3 Å². The molecule has 8 nitrogen and oxygen atoms in total. The second-order valence-corrected chi connectivity index (χ2v) is 5.84. The van der Waals surface area contributed by atoms with Gasteiger partial charge in [-0.1, -0.05) is 13.8 Å². The molecule has 8 heteroatoms. The summed E-state index contributed by atoms with van der Waals surface area (Å²) in [5.41, 5.74) is 2.10. The molecule has 0 unspecified atom stereocenters. The van der Waals surface area contributed by atoms with E-state index in [0.717, 1.165) is 5.69 Å². The summed E-state index contributed by atoms with van der Waals surface area (Å²) >= 11 is 0. The molecule has 0 aliphatic heterocycles. The summed E-state index contributed by atoms with van der Waals surface area (Å²) in [6, 6.07) is 7.92. The average Bonchev–Trinajstić information content (AvgIpc) is 2.95. The Morgan fingerprint density at radius 3 is 2.32 bits per heavy atom. The normalized spacial score (nSPS) is 10.6. The molecule has 1 aromatic heterocycles. The van der Waals surface area contributed by atoms with Crippen LogP contribution in [0.4, 0.5) is 5.69 Å². The number of nitrogens with zero attached hydrogens (tertiary/aromatic N) is 2. The highest BCUT2D eigenvalue weighted by Crippen LogP contribution is 2.16. The Morgan fingerprint density at radius 2 is 1.80 bits per heavy atom. The fraction of sp³-hybridized carbons (Fsp3) is 0.294. The molecule has 0 aliphatic rings. The van der Waals surface area contributed by atoms with E-state index in [1.165, 1.54) is 16.8 Å². The molecule has 0 aliphatic carbocycles. The first-order valence-electron chi connectivity index (χ1n) is 7.73. The van der Waals surface area contributed by atoms with Crippen LogP contribution in [0.3, 0.4) is 0 Å². The number of amides is 2. The van der Waals surface area contributed by atoms with E-state index >= 15 is 0 Å². The van der Waals surface area contributed by atoms with Crippen molar-refractivity contribution >= 4 is 23.5 Å². The number of aliphatic carboxylic acids is 1. The third kappa shape index (κ3) is 4.66. The maximum absolute atomic E-state index is 12.4. The van der Waals surface area contributed by atoms with Gasteiger partial charge in [-0.3, -0.25) is 19.1 Å². The summed E-state index contributed by atoms with van der Waals surface area (Å²) in [6.45, 7) is 3.55. The van der Waals surface area contributed by atoms with E-state index in [1.54, 1.807) is 25.2 Å². The van der Waals surface area contributed by atoms with Crippen molar-refractivity contribution in [3.63, 3.8) is 0 Å². The van der Waals surface area contributed by atoms with Gasteiger partial charge in [-0.15, -0.1) is 0 Å². The van der Waals surface area contributed by atoms with Gasteiger partial charge in [0.25, 0.3) is 11.8 Å². The number of aromatic nitrogens is 2. The highest BCUT2D eigenvalue weighted by molar-refractivity contribution is 6.03. The van der Waals surface area contributed by atoms with Gasteiger partial charge in [0.15, 0.2) is 0 Å². The molecule has 0 radical (unpaired) electrons. The van der Waals surface area contributed by atoms with E-state index in [9.17, 15) is 14.4 Å². The Kier molecular flexibility index (Phi) is 5.53. The lowest BCUT2D eigenvalue weighted by Gasteiger charge is -2.07. The summed E-state index contributed by atoms with van der Waals surface area (Å²) in [6.07, 6.45) is 0. The Bertz CT molecular complexity index is 793. The predicted octanol–water partition coefficient (Wildman–Crippen LogP) is 1.61. The first-order chi connectivity index (χ1) is 11.8. The number of carbonyl (C=O) groups excluding carboxylic acids is 2. The molecule has 25 heavy (non-hydrogen) atoms. The molecule has 0 atom stereocenters. The minimum absolute atomic E-state index is 0.219. The van der Waals surface area contributed by atoms with Crippen molar-refractivity contribution in [2.75, 3.05) is 11.9 Å². The van der Waals surface area contributed by atoms with Crippen LogP contribution < -0.4 is 10.6 Å². The zero-order valence-electron chi connectivity index (χ0n) is 14.2. The summed E-state index contributed by atoms with van der Waals surface area (Å²) < 4.78 is 1.53. The second-order valence-electron chi connectivity index (χ2n) is 5.84. The van der Waals surface area contributed by atoms with Crippen LogP contribution in [0.25, 0.3) is 0 Å². The fourth-order valence-corrected chi connectivity index (χ4v) is 2.14. The van der Waals surface area contributed by atoms with E-state index < -0.39 is 18.4 Å². The maximum atomic E-state index is 12.4. The first-order valence-corrected chi connectivity index (χ1v) is 7.73. The molecule has 1 aromatic carbocycles. The van der Waals surface area contributed by atoms with Crippen molar-refractivity contribution in [3.05, 3.63) is 47.3 Å². The summed E-state index contributed by atoms with van der Waals surface area (Å²) in [7, 11) is 1.71. The number of hydrogen-bond donors (Lipinski definition) is 3. The molecule has 0 saturated carbocycles. The van der Waals surface area contributed by atoms with Crippen LogP contribution in [0.15, 0.2) is 30.3 Å². The minimum atomic E-state index is -1.12. The number of benzene rings is 1. The second kappa shape index (κ2) is 7.61. The maximum Gasteiger partial charge on any atom is 0.322 e. The molecule has 132 valence electrons. The molecular formula is C17H20N4O4. The average molecular weight is 344 g/mol. The largest absolute Gasteiger partial charge is 0.480 e. The molecule has 1 heterocycles. The number of nitrogens with one attached hydrogen (secondary N) is 2. The van der Waals surface area contributed by atoms with Crippen LogP contribution in [0, 0.1) is 0 Å². The number of carboxylic acids is 1. The van der Waals surface area contributed by atoms with Crippen molar-refractivity contribution in [3.8, 4) is 0 Å². The Labute approximate surface area is 144 Å². The van der Waals surface area contributed by atoms with E-state index in [1.807, 2.05) is 13.8 Å². The molecule has 0 spiro atoms. The van der Waals surface area contributed by atoms with Crippen LogP contribution >= 0.6 is 0 Å². The van der Waals surface area contributed by atoms with Gasteiger partial charge in [0.1, 0.15) is 12.2 Å². The highest BCUT2D eigenvalue weighted by atomic mass is 16.4. The van der Waals surface area contributed by atoms with Crippen molar-refractivity contribution in [2.24, 2.45) is 7.05 Å². The van der Waals surface area contributed by atoms with Gasteiger partial charge in [-0.05, 0) is 36.2 Å². The van der Waals surface area contributed by atoms with Gasteiger partial charge < -0.3 is 15.7 Å². The van der Waals surface area contributed by atoms with Crippen molar-refractivity contribution in [1.29, 1.82) is 0 Å². The van der Waals surface area contributed by atoms with Gasteiger partial charge in [-0.25, -0.2) is 0 Å². The number of carboxylic acid groups (broad SMARTS) is 1. The van der Waals surface area contributed by atoms with Gasteiger partial charge in [-0.2, -0.15) is 5.10 Å². The lowest BCUT2D eigenvalue weighted by molar-refractivity contribution is -0.135. The molecular weight excluding hydrogens is 324 g/mol. The number of rotatable bonds is 6. The molecule has 2 aromatic rings. The van der Waals surface area contributed by atoms with E-state index in [0.29, 0.717) is 16.9 Å². The third-order valence-corrected chi connectivity index (χ3v) is 3.53. The first kappa shape index (κ1) is 18.2. The molecule has 3 N–H and O–H groups in total. The number of aryl methyl sites for hydroxylation is 1. The molecule has 0 fully saturated rings. The van der Waals surface area contributed by atoms with Crippen LogP contribution in [-0.2, 0) is 11.8 Å². The SMILES string of the molecule is CC(C)c1cc(C(=O)Nc2ccc(C(=O)NCC(=O)O)cc2)n(C)n1. The summed E-state index contributed by atoms with van der Waals surface area (Å²) in [5.74, 6) is -1.69. The number of hydrogen-bond acceptors (Lipinski definition) is 4. The monoisotopic (exact) mass is 344 g/mol. The highest BCUT2D eigenvalue weighted by Gasteiger charge is 2.15. The topological polar surface area (TPSA) is 113 Å². The van der Waals surface area contributed by atoms with Gasteiger partial charge >= 0.3 is 5.97 Å². The van der Waals surface area contributed by atoms with Crippen LogP contribution in [0.5, 0.6) is 0 Å². The zero-order valence-corrected chi connectivity index (χ0v) is 14.2. The van der Waals surface area contributed by atoms with E-state index in [2.05, 4.69) is 15.7 Å². The molecule has 2 rings (SSSR count). The third-order valence-electron chi connectivity index (χ3n) is 3.53. The summed E-state index contributed by atoms with van der Waals surface area (Å²) in [5, 5.41) is 17.9. The van der Waals surface area contributed by atoms with Crippen molar-refractivity contribution in [2.45, 2.75) is 19.8 Å². The molecule has 0 bridgehead atoms. The molecule has 0 saturated heterocycles. The zero-order chi connectivity index (χ0) is 18.6. The van der Waals surface area contributed by atoms with E-state index in [4.69, 9.17) is 5.11 Å². The fourth-order valence-electron chi connectivity index (χ4n) is 2.14. The predicted molar refractivity (Wildman–Crippen MR) is 91.7 cm³/mol. The summed E-state index contributed by atoms with van der Waals surface area (Å²) in [4.78, 5) is 34.5. The number of carbonyl (C=O) groups is 3.